The number of ether oxygens (including phenoxy) is 1. The molecule has 0 fully saturated rings. The van der Waals surface area contributed by atoms with Crippen molar-refractivity contribution in [3.8, 4) is 5.75 Å². The summed E-state index contributed by atoms with van der Waals surface area (Å²) < 4.78 is 68.6. The van der Waals surface area contributed by atoms with Crippen LogP contribution in [0.3, 0.4) is 0 Å². The normalized spacial score (nSPS) is 11.6. The lowest BCUT2D eigenvalue weighted by atomic mass is 10.2. The first-order valence-corrected chi connectivity index (χ1v) is 8.16. The van der Waals surface area contributed by atoms with E-state index in [2.05, 4.69) is 15.3 Å². The van der Waals surface area contributed by atoms with Gasteiger partial charge in [0.05, 0.1) is 18.5 Å². The zero-order valence-electron chi connectivity index (χ0n) is 14.2. The number of halogens is 5. The number of rotatable bonds is 6. The monoisotopic (exact) mass is 399 g/mol. The third kappa shape index (κ3) is 4.76. The number of nitrogens with one attached hydrogen (secondary N) is 2. The van der Waals surface area contributed by atoms with Crippen molar-refractivity contribution >= 4 is 22.6 Å². The molecule has 10 heteroatoms. The second-order valence-corrected chi connectivity index (χ2v) is 5.92. The molecule has 1 amide bonds. The first-order chi connectivity index (χ1) is 13.2. The zero-order chi connectivity index (χ0) is 20.3. The summed E-state index contributed by atoms with van der Waals surface area (Å²) in [5, 5.41) is 2.86. The Labute approximate surface area is 155 Å². The van der Waals surface area contributed by atoms with Gasteiger partial charge in [-0.05, 0) is 30.7 Å². The van der Waals surface area contributed by atoms with Crippen LogP contribution in [0.1, 0.15) is 23.2 Å². The average Bonchev–Trinajstić information content (AvgIpc) is 3.01. The van der Waals surface area contributed by atoms with E-state index in [9.17, 15) is 26.7 Å². The van der Waals surface area contributed by atoms with E-state index >= 15 is 0 Å². The summed E-state index contributed by atoms with van der Waals surface area (Å²) >= 11 is 0. The number of nitrogens with zero attached hydrogens (tertiary/aromatic N) is 1. The van der Waals surface area contributed by atoms with E-state index in [1.54, 1.807) is 0 Å². The molecule has 0 aliphatic rings. The summed E-state index contributed by atoms with van der Waals surface area (Å²) in [4.78, 5) is 18.9. The second-order valence-electron chi connectivity index (χ2n) is 5.92. The van der Waals surface area contributed by atoms with Crippen molar-refractivity contribution in [1.82, 2.24) is 9.97 Å². The Hall–Kier alpha value is -3.17. The number of aromatic amines is 1. The number of aromatic nitrogens is 2. The minimum atomic E-state index is -4.30. The third-order valence-corrected chi connectivity index (χ3v) is 3.80. The molecule has 2 N–H and O–H groups in total. The number of pyridine rings is 1. The van der Waals surface area contributed by atoms with Crippen molar-refractivity contribution < 1.29 is 31.5 Å². The lowest BCUT2D eigenvalue weighted by Gasteiger charge is -2.10. The zero-order valence-corrected chi connectivity index (χ0v) is 14.2. The fraction of sp³-hybridized carbons (Fsp3) is 0.222. The Morgan fingerprint density at radius 3 is 2.71 bits per heavy atom. The highest BCUT2D eigenvalue weighted by molar-refractivity contribution is 6.08. The van der Waals surface area contributed by atoms with Gasteiger partial charge in [0.15, 0.2) is 11.6 Å². The number of alkyl halides is 3. The quantitative estimate of drug-likeness (QED) is 0.462. The van der Waals surface area contributed by atoms with Crippen molar-refractivity contribution in [2.75, 3.05) is 11.9 Å². The Morgan fingerprint density at radius 2 is 2.00 bits per heavy atom. The van der Waals surface area contributed by atoms with Crippen LogP contribution >= 0.6 is 0 Å². The van der Waals surface area contributed by atoms with E-state index < -0.39 is 30.1 Å². The standard InChI is InChI=1S/C18H14F5N3O2/c19-11-7-12-14(9-25-16(12)24-8-11)26-17(27)10-2-3-15(13(20)6-10)28-5-1-4-18(21,22)23/h2-3,6-9H,1,4-5H2,(H,24,25)(H,26,27). The Bertz CT molecular complexity index is 1000. The van der Waals surface area contributed by atoms with E-state index in [4.69, 9.17) is 4.74 Å². The minimum Gasteiger partial charge on any atom is -0.491 e. The van der Waals surface area contributed by atoms with Crippen LogP contribution in [0.5, 0.6) is 5.75 Å². The van der Waals surface area contributed by atoms with Gasteiger partial charge in [-0.2, -0.15) is 13.2 Å². The van der Waals surface area contributed by atoms with Gasteiger partial charge in [0.1, 0.15) is 11.5 Å². The Morgan fingerprint density at radius 1 is 1.21 bits per heavy atom. The third-order valence-electron chi connectivity index (χ3n) is 3.80. The number of H-pyrrole nitrogens is 1. The van der Waals surface area contributed by atoms with Gasteiger partial charge in [0.25, 0.3) is 5.91 Å². The predicted molar refractivity (Wildman–Crippen MR) is 91.2 cm³/mol. The Balaban J connectivity index is 1.65. The van der Waals surface area contributed by atoms with Crippen LogP contribution in [0.25, 0.3) is 11.0 Å². The molecular weight excluding hydrogens is 385 g/mol. The predicted octanol–water partition coefficient (Wildman–Crippen LogP) is 4.81. The number of anilines is 1. The highest BCUT2D eigenvalue weighted by Crippen LogP contribution is 2.25. The van der Waals surface area contributed by atoms with Crippen molar-refractivity contribution in [3.05, 3.63) is 53.9 Å². The van der Waals surface area contributed by atoms with E-state index in [1.165, 1.54) is 18.3 Å². The molecule has 0 aliphatic carbocycles. The van der Waals surface area contributed by atoms with Gasteiger partial charge in [-0.25, -0.2) is 13.8 Å². The fourth-order valence-corrected chi connectivity index (χ4v) is 2.49. The van der Waals surface area contributed by atoms with Crippen LogP contribution in [0.15, 0.2) is 36.7 Å². The van der Waals surface area contributed by atoms with Crippen LogP contribution < -0.4 is 10.1 Å². The molecule has 0 spiro atoms. The van der Waals surface area contributed by atoms with E-state index in [1.807, 2.05) is 0 Å². The second kappa shape index (κ2) is 7.83. The van der Waals surface area contributed by atoms with Crippen LogP contribution in [-0.2, 0) is 0 Å². The first-order valence-electron chi connectivity index (χ1n) is 8.16. The maximum Gasteiger partial charge on any atom is 0.389 e. The molecule has 0 radical (unpaired) electrons. The fourth-order valence-electron chi connectivity index (χ4n) is 2.49. The van der Waals surface area contributed by atoms with Crippen LogP contribution in [0.4, 0.5) is 27.6 Å². The number of hydrogen-bond acceptors (Lipinski definition) is 3. The lowest BCUT2D eigenvalue weighted by Crippen LogP contribution is -2.12. The molecular formula is C18H14F5N3O2. The molecule has 1 aromatic carbocycles. The van der Waals surface area contributed by atoms with Gasteiger partial charge in [0, 0.05) is 23.6 Å². The average molecular weight is 399 g/mol. The van der Waals surface area contributed by atoms with Gasteiger partial charge in [-0.3, -0.25) is 4.79 Å². The molecule has 3 aromatic rings. The SMILES string of the molecule is O=C(Nc1c[nH]c2ncc(F)cc12)c1ccc(OCCCC(F)(F)F)c(F)c1. The summed E-state index contributed by atoms with van der Waals surface area (Å²) in [5.41, 5.74) is 0.587. The maximum absolute atomic E-state index is 14.1. The number of amides is 1. The summed E-state index contributed by atoms with van der Waals surface area (Å²) in [7, 11) is 0. The topological polar surface area (TPSA) is 67.0 Å². The molecule has 0 bridgehead atoms. The molecule has 3 rings (SSSR count). The Kier molecular flexibility index (Phi) is 5.48. The summed E-state index contributed by atoms with van der Waals surface area (Å²) in [5.74, 6) is -2.38. The van der Waals surface area contributed by atoms with Gasteiger partial charge < -0.3 is 15.0 Å². The molecule has 148 valence electrons. The minimum absolute atomic E-state index is 0.0427. The molecule has 2 aromatic heterocycles. The summed E-state index contributed by atoms with van der Waals surface area (Å²) in [6.07, 6.45) is -3.20. The van der Waals surface area contributed by atoms with Crippen molar-refractivity contribution in [1.29, 1.82) is 0 Å². The highest BCUT2D eigenvalue weighted by Gasteiger charge is 2.26. The van der Waals surface area contributed by atoms with Crippen molar-refractivity contribution in [2.45, 2.75) is 19.0 Å². The number of carbonyl (C=O) groups excluding carboxylic acids is 1. The first kappa shape index (κ1) is 19.6. The molecule has 28 heavy (non-hydrogen) atoms. The molecule has 0 aliphatic heterocycles. The van der Waals surface area contributed by atoms with E-state index in [0.717, 1.165) is 18.3 Å². The van der Waals surface area contributed by atoms with Crippen LogP contribution in [0.2, 0.25) is 0 Å². The van der Waals surface area contributed by atoms with Crippen LogP contribution in [0, 0.1) is 11.6 Å². The maximum atomic E-state index is 14.1. The summed E-state index contributed by atoms with van der Waals surface area (Å²) in [6, 6.07) is 4.52. The van der Waals surface area contributed by atoms with Gasteiger partial charge in [-0.1, -0.05) is 0 Å². The van der Waals surface area contributed by atoms with Crippen molar-refractivity contribution in [3.63, 3.8) is 0 Å². The highest BCUT2D eigenvalue weighted by atomic mass is 19.4. The van der Waals surface area contributed by atoms with Gasteiger partial charge >= 0.3 is 6.18 Å². The van der Waals surface area contributed by atoms with E-state index in [-0.39, 0.29) is 30.0 Å². The molecule has 0 saturated carbocycles. The molecule has 0 unspecified atom stereocenters. The van der Waals surface area contributed by atoms with Gasteiger partial charge in [-0.15, -0.1) is 0 Å². The number of fused-ring (bicyclic) bond motifs is 1. The lowest BCUT2D eigenvalue weighted by molar-refractivity contribution is -0.136. The van der Waals surface area contributed by atoms with Crippen LogP contribution in [-0.4, -0.2) is 28.7 Å². The molecule has 2 heterocycles. The number of carbonyl (C=O) groups is 1. The van der Waals surface area contributed by atoms with Crippen molar-refractivity contribution in [2.24, 2.45) is 0 Å². The largest absolute Gasteiger partial charge is 0.491 e. The van der Waals surface area contributed by atoms with E-state index in [0.29, 0.717) is 11.0 Å². The summed E-state index contributed by atoms with van der Waals surface area (Å²) in [6.45, 7) is -0.310. The molecule has 0 saturated heterocycles. The van der Waals surface area contributed by atoms with Gasteiger partial charge in [0.2, 0.25) is 0 Å². The smallest absolute Gasteiger partial charge is 0.389 e. The molecule has 5 nitrogen and oxygen atoms in total. The molecule has 0 atom stereocenters. The number of hydrogen-bond donors (Lipinski definition) is 2. The number of benzene rings is 1.